The van der Waals surface area contributed by atoms with Crippen LogP contribution < -0.4 is 0 Å². The lowest BCUT2D eigenvalue weighted by Crippen LogP contribution is -2.09. The van der Waals surface area contributed by atoms with E-state index in [1.807, 2.05) is 0 Å². The molecule has 0 aromatic heterocycles. The predicted octanol–water partition coefficient (Wildman–Crippen LogP) is -0.650. The maximum Gasteiger partial charge on any atom is 0.338 e. The van der Waals surface area contributed by atoms with Gasteiger partial charge in [0.15, 0.2) is 17.4 Å². The fraction of sp³-hybridized carbons (Fsp3) is 0.200. The minimum absolute atomic E-state index is 0. The predicted molar refractivity (Wildman–Crippen MR) is 60.7 cm³/mol. The number of ether oxygens (including phenoxy) is 1. The molecule has 6 heteroatoms. The normalized spacial score (nSPS) is 9.06. The van der Waals surface area contributed by atoms with E-state index in [1.54, 1.807) is 0 Å². The molecule has 0 unspecified atom stereocenters. The number of esters is 1. The van der Waals surface area contributed by atoms with Crippen molar-refractivity contribution in [3.8, 4) is 0 Å². The zero-order valence-corrected chi connectivity index (χ0v) is 7.84. The third kappa shape index (κ3) is 4.03. The number of carboxylic acids is 1. The average Bonchev–Trinajstić information content (AvgIpc) is 2.26. The van der Waals surface area contributed by atoms with E-state index in [1.165, 1.54) is 24.3 Å². The number of aliphatic hydroxyl groups excluding tert-OH is 1. The Morgan fingerprint density at radius 3 is 2.06 bits per heavy atom. The number of rotatable bonds is 4. The number of carbonyl (C=O) groups is 2. The summed E-state index contributed by atoms with van der Waals surface area (Å²) in [6, 6.07) is 5.36. The van der Waals surface area contributed by atoms with Gasteiger partial charge >= 0.3 is 11.9 Å². The zero-order chi connectivity index (χ0) is 11.3. The third-order valence-electron chi connectivity index (χ3n) is 1.69. The van der Waals surface area contributed by atoms with Crippen LogP contribution >= 0.6 is 0 Å². The summed E-state index contributed by atoms with van der Waals surface area (Å²) in [6.07, 6.45) is 0. The van der Waals surface area contributed by atoms with Crippen molar-refractivity contribution in [3.63, 3.8) is 0 Å². The largest absolute Gasteiger partial charge is 0.478 e. The van der Waals surface area contributed by atoms with E-state index in [4.69, 9.17) is 10.2 Å². The molecule has 0 aliphatic heterocycles. The Kier molecular flexibility index (Phi) is 6.42. The molecule has 5 nitrogen and oxygen atoms in total. The van der Waals surface area contributed by atoms with E-state index in [2.05, 4.69) is 4.74 Å². The number of hydrogen-bond acceptors (Lipinski definition) is 4. The summed E-state index contributed by atoms with van der Waals surface area (Å²) in [6.45, 7) is -0.307. The number of hydrogen-bond donors (Lipinski definition) is 2. The fourth-order valence-electron chi connectivity index (χ4n) is 0.971. The molecule has 0 saturated heterocycles. The summed E-state index contributed by atoms with van der Waals surface area (Å²) >= 11 is 0. The van der Waals surface area contributed by atoms with Crippen molar-refractivity contribution in [2.45, 2.75) is 0 Å². The van der Waals surface area contributed by atoms with Gasteiger partial charge in [-0.3, -0.25) is 0 Å². The van der Waals surface area contributed by atoms with Crippen LogP contribution in [0.1, 0.15) is 20.7 Å². The molecule has 0 aliphatic carbocycles. The standard InChI is InChI=1S/C10H10O5.Al.3H/c11-5-6-15-10(14)8-3-1-7(2-4-8)9(12)13;;;;/h1-4,11H,5-6H2,(H,12,13);;;;. The first-order chi connectivity index (χ1) is 7.15. The molecule has 0 amide bonds. The summed E-state index contributed by atoms with van der Waals surface area (Å²) in [5, 5.41) is 17.0. The van der Waals surface area contributed by atoms with Gasteiger partial charge in [-0.05, 0) is 24.3 Å². The molecule has 0 aliphatic rings. The molecule has 1 aromatic rings. The van der Waals surface area contributed by atoms with E-state index in [0.717, 1.165) is 0 Å². The average molecular weight is 240 g/mol. The van der Waals surface area contributed by atoms with Gasteiger partial charge in [0.1, 0.15) is 6.61 Å². The lowest BCUT2D eigenvalue weighted by molar-refractivity contribution is 0.0433. The van der Waals surface area contributed by atoms with Crippen LogP contribution in [0, 0.1) is 0 Å². The van der Waals surface area contributed by atoms with Gasteiger partial charge < -0.3 is 14.9 Å². The molecular formula is C10H13AlO5. The number of carboxylic acid groups (broad SMARTS) is 1. The maximum absolute atomic E-state index is 11.2. The number of carbonyl (C=O) groups excluding carboxylic acids is 1. The Balaban J connectivity index is 0.00000225. The van der Waals surface area contributed by atoms with E-state index < -0.39 is 11.9 Å². The van der Waals surface area contributed by atoms with Gasteiger partial charge in [-0.2, -0.15) is 0 Å². The molecule has 1 aromatic carbocycles. The van der Waals surface area contributed by atoms with Crippen LogP contribution in [0.3, 0.4) is 0 Å². The highest BCUT2D eigenvalue weighted by atomic mass is 27.0. The molecule has 0 saturated carbocycles. The van der Waals surface area contributed by atoms with Crippen molar-refractivity contribution in [1.82, 2.24) is 0 Å². The summed E-state index contributed by atoms with van der Waals surface area (Å²) in [4.78, 5) is 21.7. The fourth-order valence-corrected chi connectivity index (χ4v) is 0.971. The summed E-state index contributed by atoms with van der Waals surface area (Å²) in [5.74, 6) is -1.63. The van der Waals surface area contributed by atoms with Crippen molar-refractivity contribution in [1.29, 1.82) is 0 Å². The van der Waals surface area contributed by atoms with E-state index in [-0.39, 0.29) is 41.7 Å². The number of benzene rings is 1. The van der Waals surface area contributed by atoms with Gasteiger partial charge in [-0.15, -0.1) is 0 Å². The second-order valence-corrected chi connectivity index (χ2v) is 2.74. The molecule has 0 bridgehead atoms. The first-order valence-electron chi connectivity index (χ1n) is 4.26. The van der Waals surface area contributed by atoms with Gasteiger partial charge in [0, 0.05) is 0 Å². The highest BCUT2D eigenvalue weighted by Gasteiger charge is 2.08. The topological polar surface area (TPSA) is 83.8 Å². The lowest BCUT2D eigenvalue weighted by Gasteiger charge is -2.02. The summed E-state index contributed by atoms with van der Waals surface area (Å²) < 4.78 is 4.64. The molecule has 0 heterocycles. The molecule has 0 fully saturated rings. The monoisotopic (exact) mass is 240 g/mol. The van der Waals surface area contributed by atoms with Crippen LogP contribution in [0.15, 0.2) is 24.3 Å². The second kappa shape index (κ2) is 7.01. The Morgan fingerprint density at radius 2 is 1.62 bits per heavy atom. The molecule has 16 heavy (non-hydrogen) atoms. The minimum atomic E-state index is -1.05. The van der Waals surface area contributed by atoms with Crippen LogP contribution in [-0.4, -0.2) is 52.7 Å². The first-order valence-corrected chi connectivity index (χ1v) is 4.26. The minimum Gasteiger partial charge on any atom is -0.478 e. The van der Waals surface area contributed by atoms with Gasteiger partial charge in [-0.25, -0.2) is 9.59 Å². The molecule has 0 atom stereocenters. The Bertz CT molecular complexity index is 360. The lowest BCUT2D eigenvalue weighted by atomic mass is 10.1. The van der Waals surface area contributed by atoms with Gasteiger partial charge in [0.2, 0.25) is 0 Å². The van der Waals surface area contributed by atoms with Gasteiger partial charge in [0.25, 0.3) is 0 Å². The van der Waals surface area contributed by atoms with Crippen LogP contribution in [0.4, 0.5) is 0 Å². The molecular weight excluding hydrogens is 227 g/mol. The highest BCUT2D eigenvalue weighted by Crippen LogP contribution is 2.05. The molecule has 0 spiro atoms. The second-order valence-electron chi connectivity index (χ2n) is 2.74. The molecule has 1 rings (SSSR count). The van der Waals surface area contributed by atoms with E-state index in [0.29, 0.717) is 0 Å². The third-order valence-corrected chi connectivity index (χ3v) is 1.69. The van der Waals surface area contributed by atoms with Crippen molar-refractivity contribution in [2.75, 3.05) is 13.2 Å². The van der Waals surface area contributed by atoms with Gasteiger partial charge in [-0.1, -0.05) is 0 Å². The van der Waals surface area contributed by atoms with Crippen molar-refractivity contribution in [3.05, 3.63) is 35.4 Å². The zero-order valence-electron chi connectivity index (χ0n) is 7.84. The van der Waals surface area contributed by atoms with Crippen LogP contribution in [0.5, 0.6) is 0 Å². The van der Waals surface area contributed by atoms with Crippen molar-refractivity contribution < 1.29 is 24.5 Å². The van der Waals surface area contributed by atoms with Crippen LogP contribution in [-0.2, 0) is 4.74 Å². The first kappa shape index (κ1) is 14.7. The Morgan fingerprint density at radius 1 is 1.12 bits per heavy atom. The molecule has 2 N–H and O–H groups in total. The Hall–Kier alpha value is -1.35. The highest BCUT2D eigenvalue weighted by molar-refractivity contribution is 5.92. The van der Waals surface area contributed by atoms with E-state index >= 15 is 0 Å². The van der Waals surface area contributed by atoms with Crippen LogP contribution in [0.2, 0.25) is 0 Å². The quantitative estimate of drug-likeness (QED) is 0.539. The number of aliphatic hydroxyl groups is 1. The number of aromatic carboxylic acids is 1. The summed E-state index contributed by atoms with van der Waals surface area (Å²) in [7, 11) is 0. The van der Waals surface area contributed by atoms with Crippen molar-refractivity contribution >= 4 is 29.3 Å². The molecule has 86 valence electrons. The SMILES string of the molecule is O=C(O)c1ccc(C(=O)OCCO)cc1.[AlH3]. The van der Waals surface area contributed by atoms with Crippen LogP contribution in [0.25, 0.3) is 0 Å². The van der Waals surface area contributed by atoms with Crippen molar-refractivity contribution in [2.24, 2.45) is 0 Å². The Labute approximate surface area is 103 Å². The molecule has 0 radical (unpaired) electrons. The van der Waals surface area contributed by atoms with Gasteiger partial charge in [0.05, 0.1) is 17.7 Å². The summed E-state index contributed by atoms with van der Waals surface area (Å²) in [5.41, 5.74) is 0.363. The van der Waals surface area contributed by atoms with E-state index in [9.17, 15) is 9.59 Å². The smallest absolute Gasteiger partial charge is 0.338 e. The maximum atomic E-state index is 11.2.